The number of hydrogen-bond donors (Lipinski definition) is 0. The summed E-state index contributed by atoms with van der Waals surface area (Å²) in [7, 11) is 0. The van der Waals surface area contributed by atoms with Crippen LogP contribution in [0.15, 0.2) is 18.2 Å². The third-order valence-electron chi connectivity index (χ3n) is 3.51. The molecule has 0 aliphatic carbocycles. The maximum Gasteiger partial charge on any atom is 0.118 e. The van der Waals surface area contributed by atoms with Crippen molar-refractivity contribution >= 4 is 22.8 Å². The quantitative estimate of drug-likeness (QED) is 0.720. The Labute approximate surface area is 113 Å². The minimum atomic E-state index is 0.564. The van der Waals surface area contributed by atoms with Gasteiger partial charge in [0.05, 0.1) is 11.8 Å². The molecule has 1 atom stereocenters. The number of aromatic nitrogens is 3. The van der Waals surface area contributed by atoms with Crippen LogP contribution in [0, 0.1) is 0 Å². The van der Waals surface area contributed by atoms with Crippen molar-refractivity contribution in [3.05, 3.63) is 23.8 Å². The fourth-order valence-electron chi connectivity index (χ4n) is 2.48. The highest BCUT2D eigenvalue weighted by Gasteiger charge is 2.15. The SMILES string of the molecule is CCCCCC(CC)c1cccc2nn(Cl)nc12. The zero-order valence-corrected chi connectivity index (χ0v) is 11.8. The molecule has 0 aliphatic heterocycles. The van der Waals surface area contributed by atoms with Gasteiger partial charge in [-0.05, 0) is 30.4 Å². The highest BCUT2D eigenvalue weighted by Crippen LogP contribution is 2.30. The maximum atomic E-state index is 5.82. The average Bonchev–Trinajstić information content (AvgIpc) is 2.75. The van der Waals surface area contributed by atoms with Crippen molar-refractivity contribution in [2.75, 3.05) is 0 Å². The average molecular weight is 266 g/mol. The Balaban J connectivity index is 2.26. The van der Waals surface area contributed by atoms with Gasteiger partial charge in [-0.3, -0.25) is 0 Å². The highest BCUT2D eigenvalue weighted by atomic mass is 35.5. The molecule has 98 valence electrons. The summed E-state index contributed by atoms with van der Waals surface area (Å²) in [5, 5.41) is 8.44. The van der Waals surface area contributed by atoms with Gasteiger partial charge in [-0.1, -0.05) is 49.6 Å². The smallest absolute Gasteiger partial charge is 0.118 e. The van der Waals surface area contributed by atoms with Crippen LogP contribution in [0.2, 0.25) is 0 Å². The molecule has 0 aliphatic rings. The molecule has 2 aromatic rings. The molecule has 0 N–H and O–H groups in total. The van der Waals surface area contributed by atoms with Crippen LogP contribution >= 0.6 is 11.8 Å². The van der Waals surface area contributed by atoms with Crippen LogP contribution in [0.3, 0.4) is 0 Å². The molecular weight excluding hydrogens is 246 g/mol. The Bertz CT molecular complexity index is 507. The van der Waals surface area contributed by atoms with E-state index < -0.39 is 0 Å². The number of hydrogen-bond acceptors (Lipinski definition) is 2. The molecule has 0 bridgehead atoms. The second-order valence-electron chi connectivity index (χ2n) is 4.76. The first-order valence-corrected chi connectivity index (χ1v) is 7.12. The van der Waals surface area contributed by atoms with Gasteiger partial charge in [0.2, 0.25) is 0 Å². The number of benzene rings is 1. The Morgan fingerprint density at radius 3 is 2.78 bits per heavy atom. The highest BCUT2D eigenvalue weighted by molar-refractivity contribution is 6.14. The van der Waals surface area contributed by atoms with Gasteiger partial charge in [-0.25, -0.2) is 0 Å². The lowest BCUT2D eigenvalue weighted by Crippen LogP contribution is -1.99. The number of unbranched alkanes of at least 4 members (excludes halogenated alkanes) is 2. The molecule has 0 saturated carbocycles. The van der Waals surface area contributed by atoms with Crippen molar-refractivity contribution < 1.29 is 0 Å². The van der Waals surface area contributed by atoms with Crippen LogP contribution in [0.1, 0.15) is 57.4 Å². The van der Waals surface area contributed by atoms with Crippen molar-refractivity contribution in [3.63, 3.8) is 0 Å². The van der Waals surface area contributed by atoms with E-state index in [0.717, 1.165) is 21.8 Å². The molecule has 0 saturated heterocycles. The Morgan fingerprint density at radius 1 is 1.22 bits per heavy atom. The monoisotopic (exact) mass is 265 g/mol. The van der Waals surface area contributed by atoms with Gasteiger partial charge in [0.25, 0.3) is 0 Å². The molecule has 1 aromatic heterocycles. The van der Waals surface area contributed by atoms with E-state index in [1.807, 2.05) is 12.1 Å². The normalized spacial score (nSPS) is 13.1. The first kappa shape index (κ1) is 13.3. The van der Waals surface area contributed by atoms with Gasteiger partial charge < -0.3 is 0 Å². The molecule has 0 amide bonds. The Kier molecular flexibility index (Phi) is 4.59. The molecule has 1 aromatic carbocycles. The van der Waals surface area contributed by atoms with E-state index in [0.29, 0.717) is 5.92 Å². The van der Waals surface area contributed by atoms with Crippen molar-refractivity contribution in [2.24, 2.45) is 0 Å². The lowest BCUT2D eigenvalue weighted by atomic mass is 9.90. The molecule has 0 fully saturated rings. The fraction of sp³-hybridized carbons (Fsp3) is 0.571. The number of nitrogens with zero attached hydrogens (tertiary/aromatic N) is 3. The summed E-state index contributed by atoms with van der Waals surface area (Å²) in [4.78, 5) is 0. The van der Waals surface area contributed by atoms with E-state index in [9.17, 15) is 0 Å². The third kappa shape index (κ3) is 2.83. The maximum absolute atomic E-state index is 5.82. The molecule has 4 heteroatoms. The fourth-order valence-corrected chi connectivity index (χ4v) is 2.64. The van der Waals surface area contributed by atoms with Crippen LogP contribution < -0.4 is 0 Å². The lowest BCUT2D eigenvalue weighted by molar-refractivity contribution is 0.555. The number of halogens is 1. The number of fused-ring (bicyclic) bond motifs is 1. The predicted molar refractivity (Wildman–Crippen MR) is 76.0 cm³/mol. The van der Waals surface area contributed by atoms with Crippen molar-refractivity contribution in [1.82, 2.24) is 14.5 Å². The molecule has 1 unspecified atom stereocenters. The summed E-state index contributed by atoms with van der Waals surface area (Å²) in [6.07, 6.45) is 6.20. The molecule has 0 spiro atoms. The first-order chi connectivity index (χ1) is 8.76. The number of rotatable bonds is 6. The van der Waals surface area contributed by atoms with Crippen LogP contribution in [0.4, 0.5) is 0 Å². The summed E-state index contributed by atoms with van der Waals surface area (Å²) in [5.74, 6) is 0.564. The largest absolute Gasteiger partial charge is 0.137 e. The van der Waals surface area contributed by atoms with E-state index in [2.05, 4.69) is 30.1 Å². The van der Waals surface area contributed by atoms with Gasteiger partial charge in [0.15, 0.2) is 0 Å². The Morgan fingerprint density at radius 2 is 2.06 bits per heavy atom. The first-order valence-electron chi connectivity index (χ1n) is 6.78. The minimum Gasteiger partial charge on any atom is -0.137 e. The van der Waals surface area contributed by atoms with Gasteiger partial charge in [0, 0.05) is 0 Å². The van der Waals surface area contributed by atoms with E-state index in [1.165, 1.54) is 31.2 Å². The van der Waals surface area contributed by atoms with Gasteiger partial charge >= 0.3 is 0 Å². The Hall–Kier alpha value is -1.09. The second-order valence-corrected chi connectivity index (χ2v) is 5.06. The van der Waals surface area contributed by atoms with Crippen molar-refractivity contribution in [3.8, 4) is 0 Å². The lowest BCUT2D eigenvalue weighted by Gasteiger charge is -2.15. The van der Waals surface area contributed by atoms with Crippen molar-refractivity contribution in [2.45, 2.75) is 51.9 Å². The topological polar surface area (TPSA) is 30.7 Å². The predicted octanol–water partition coefficient (Wildman–Crippen LogP) is 4.51. The molecule has 1 heterocycles. The third-order valence-corrected chi connectivity index (χ3v) is 3.66. The van der Waals surface area contributed by atoms with Gasteiger partial charge in [-0.15, -0.1) is 10.2 Å². The summed E-state index contributed by atoms with van der Waals surface area (Å²) in [6, 6.07) is 6.17. The van der Waals surface area contributed by atoms with E-state index in [-0.39, 0.29) is 0 Å². The second kappa shape index (κ2) is 6.19. The van der Waals surface area contributed by atoms with Gasteiger partial charge in [0.1, 0.15) is 11.0 Å². The van der Waals surface area contributed by atoms with E-state index in [1.54, 1.807) is 0 Å². The van der Waals surface area contributed by atoms with Crippen LogP contribution in [0.25, 0.3) is 11.0 Å². The van der Waals surface area contributed by atoms with Crippen LogP contribution in [-0.4, -0.2) is 14.5 Å². The van der Waals surface area contributed by atoms with E-state index in [4.69, 9.17) is 11.8 Å². The zero-order chi connectivity index (χ0) is 13.0. The minimum absolute atomic E-state index is 0.564. The van der Waals surface area contributed by atoms with Crippen molar-refractivity contribution in [1.29, 1.82) is 0 Å². The van der Waals surface area contributed by atoms with E-state index >= 15 is 0 Å². The molecular formula is C14H20ClN3. The summed E-state index contributed by atoms with van der Waals surface area (Å²) in [6.45, 7) is 4.47. The standard InChI is InChI=1S/C14H20ClN3/c1-3-5-6-8-11(4-2)12-9-7-10-13-14(12)17-18(15)16-13/h7,9-11H,3-6,8H2,1-2H3. The molecule has 18 heavy (non-hydrogen) atoms. The van der Waals surface area contributed by atoms with Crippen LogP contribution in [0.5, 0.6) is 0 Å². The van der Waals surface area contributed by atoms with Gasteiger partial charge in [-0.2, -0.15) is 0 Å². The summed E-state index contributed by atoms with van der Waals surface area (Å²) < 4.78 is 1.15. The summed E-state index contributed by atoms with van der Waals surface area (Å²) in [5.41, 5.74) is 3.13. The molecule has 2 rings (SSSR count). The summed E-state index contributed by atoms with van der Waals surface area (Å²) >= 11 is 5.82. The van der Waals surface area contributed by atoms with Crippen LogP contribution in [-0.2, 0) is 0 Å². The molecule has 3 nitrogen and oxygen atoms in total. The molecule has 0 radical (unpaired) electrons. The zero-order valence-electron chi connectivity index (χ0n) is 11.1.